The minimum Gasteiger partial charge on any atom is -0.493 e. The highest BCUT2D eigenvalue weighted by Crippen LogP contribution is 2.53. The van der Waals surface area contributed by atoms with Crippen LogP contribution in [0.1, 0.15) is 24.8 Å². The number of rotatable bonds is 5. The van der Waals surface area contributed by atoms with Crippen LogP contribution in [0, 0.1) is 56.7 Å². The van der Waals surface area contributed by atoms with Gasteiger partial charge >= 0.3 is 0 Å². The van der Waals surface area contributed by atoms with Gasteiger partial charge in [0.15, 0.2) is 11.5 Å². The monoisotopic (exact) mass is 404 g/mol. The van der Waals surface area contributed by atoms with Crippen molar-refractivity contribution in [1.29, 1.82) is 21.2 Å². The topological polar surface area (TPSA) is 118 Å². The second-order valence-electron chi connectivity index (χ2n) is 7.78. The fourth-order valence-electron chi connectivity index (χ4n) is 5.01. The van der Waals surface area contributed by atoms with E-state index in [1.807, 2.05) is 18.2 Å². The molecule has 7 heteroatoms. The number of nitrogens with zero attached hydrogens (tertiary/aromatic N) is 3. The zero-order valence-corrected chi connectivity index (χ0v) is 17.5. The lowest BCUT2D eigenvalue weighted by Gasteiger charge is -2.46. The van der Waals surface area contributed by atoms with Gasteiger partial charge in [-0.1, -0.05) is 19.1 Å². The SMILES string of the molecule is CCC[NH+]1CC=C2[C@H](C1)[C@H](c1cccc(OC)c1OC)[C@@H](C#N)C(=N)C2(C#N)C#N. The molecule has 1 aromatic rings. The third-order valence-corrected chi connectivity index (χ3v) is 6.33. The number of nitrogens with one attached hydrogen (secondary N) is 2. The molecule has 154 valence electrons. The summed E-state index contributed by atoms with van der Waals surface area (Å²) in [4.78, 5) is 1.34. The molecule has 1 aliphatic heterocycles. The van der Waals surface area contributed by atoms with Crippen molar-refractivity contribution in [2.75, 3.05) is 33.9 Å². The second-order valence-corrected chi connectivity index (χ2v) is 7.78. The van der Waals surface area contributed by atoms with Gasteiger partial charge in [-0.25, -0.2) is 0 Å². The van der Waals surface area contributed by atoms with Crippen molar-refractivity contribution in [1.82, 2.24) is 0 Å². The molecule has 2 aliphatic rings. The van der Waals surface area contributed by atoms with E-state index in [4.69, 9.17) is 14.9 Å². The van der Waals surface area contributed by atoms with Crippen LogP contribution in [0.2, 0.25) is 0 Å². The lowest BCUT2D eigenvalue weighted by Crippen LogP contribution is -3.13. The molecule has 0 aromatic heterocycles. The molecule has 3 rings (SSSR count). The summed E-state index contributed by atoms with van der Waals surface area (Å²) in [5.74, 6) is -0.454. The summed E-state index contributed by atoms with van der Waals surface area (Å²) >= 11 is 0. The first-order valence-corrected chi connectivity index (χ1v) is 10.1. The molecule has 0 radical (unpaired) electrons. The van der Waals surface area contributed by atoms with E-state index in [-0.39, 0.29) is 11.6 Å². The van der Waals surface area contributed by atoms with Gasteiger partial charge in [0, 0.05) is 17.4 Å². The number of ether oxygens (including phenoxy) is 2. The highest BCUT2D eigenvalue weighted by atomic mass is 16.5. The van der Waals surface area contributed by atoms with Gasteiger partial charge in [0.25, 0.3) is 0 Å². The van der Waals surface area contributed by atoms with E-state index in [2.05, 4.69) is 25.1 Å². The maximum Gasteiger partial charge on any atom is 0.203 e. The number of nitriles is 3. The first-order chi connectivity index (χ1) is 14.5. The molecule has 0 saturated heterocycles. The average molecular weight is 404 g/mol. The molecule has 1 aliphatic carbocycles. The van der Waals surface area contributed by atoms with Gasteiger partial charge < -0.3 is 19.8 Å². The van der Waals surface area contributed by atoms with Gasteiger partial charge in [0.1, 0.15) is 0 Å². The molecule has 1 heterocycles. The number of hydrogen-bond donors (Lipinski definition) is 2. The van der Waals surface area contributed by atoms with Crippen LogP contribution >= 0.6 is 0 Å². The number of methoxy groups -OCH3 is 2. The Morgan fingerprint density at radius 1 is 1.20 bits per heavy atom. The van der Waals surface area contributed by atoms with Gasteiger partial charge in [-0.3, -0.25) is 0 Å². The van der Waals surface area contributed by atoms with Crippen LogP contribution in [-0.2, 0) is 0 Å². The number of benzene rings is 1. The summed E-state index contributed by atoms with van der Waals surface area (Å²) in [7, 11) is 3.11. The van der Waals surface area contributed by atoms with Crippen molar-refractivity contribution in [2.24, 2.45) is 17.3 Å². The molecule has 1 aromatic carbocycles. The van der Waals surface area contributed by atoms with Crippen LogP contribution in [0.3, 0.4) is 0 Å². The zero-order valence-electron chi connectivity index (χ0n) is 17.5. The molecule has 0 spiro atoms. The summed E-state index contributed by atoms with van der Waals surface area (Å²) in [5.41, 5.74) is -0.415. The van der Waals surface area contributed by atoms with E-state index >= 15 is 0 Å². The summed E-state index contributed by atoms with van der Waals surface area (Å²) in [6.45, 7) is 4.49. The molecule has 30 heavy (non-hydrogen) atoms. The number of fused-ring (bicyclic) bond motifs is 1. The predicted octanol–water partition coefficient (Wildman–Crippen LogP) is 1.85. The zero-order chi connectivity index (χ0) is 21.9. The minimum atomic E-state index is -1.69. The Morgan fingerprint density at radius 3 is 2.50 bits per heavy atom. The first-order valence-electron chi connectivity index (χ1n) is 10.1. The Morgan fingerprint density at radius 2 is 1.93 bits per heavy atom. The Bertz CT molecular complexity index is 980. The fourth-order valence-corrected chi connectivity index (χ4v) is 5.01. The van der Waals surface area contributed by atoms with Crippen molar-refractivity contribution in [3.63, 3.8) is 0 Å². The highest BCUT2D eigenvalue weighted by Gasteiger charge is 2.58. The van der Waals surface area contributed by atoms with E-state index in [1.165, 1.54) is 4.90 Å². The molecular weight excluding hydrogens is 378 g/mol. The normalized spacial score (nSPS) is 26.9. The van der Waals surface area contributed by atoms with Gasteiger partial charge in [-0.05, 0) is 24.1 Å². The summed E-state index contributed by atoms with van der Waals surface area (Å²) in [6.07, 6.45) is 2.96. The molecular formula is C23H26N5O2+. The third-order valence-electron chi connectivity index (χ3n) is 6.33. The lowest BCUT2D eigenvalue weighted by atomic mass is 9.55. The van der Waals surface area contributed by atoms with E-state index in [0.29, 0.717) is 30.2 Å². The van der Waals surface area contributed by atoms with Crippen molar-refractivity contribution < 1.29 is 14.4 Å². The number of quaternary nitrogens is 1. The Kier molecular flexibility index (Phi) is 6.11. The van der Waals surface area contributed by atoms with Crippen molar-refractivity contribution in [2.45, 2.75) is 19.3 Å². The van der Waals surface area contributed by atoms with E-state index in [0.717, 1.165) is 18.5 Å². The van der Waals surface area contributed by atoms with E-state index in [9.17, 15) is 15.8 Å². The van der Waals surface area contributed by atoms with Crippen LogP contribution in [0.15, 0.2) is 29.8 Å². The molecule has 1 fully saturated rings. The van der Waals surface area contributed by atoms with Crippen LogP contribution in [0.5, 0.6) is 11.5 Å². The van der Waals surface area contributed by atoms with Crippen molar-refractivity contribution >= 4 is 5.71 Å². The van der Waals surface area contributed by atoms with Crippen LogP contribution < -0.4 is 14.4 Å². The van der Waals surface area contributed by atoms with Gasteiger partial charge in [0.05, 0.1) is 63.7 Å². The molecule has 7 nitrogen and oxygen atoms in total. The Balaban J connectivity index is 2.26. The summed E-state index contributed by atoms with van der Waals surface area (Å²) < 4.78 is 11.1. The Hall–Kier alpha value is -3.34. The Labute approximate surface area is 177 Å². The average Bonchev–Trinajstić information content (AvgIpc) is 2.78. The van der Waals surface area contributed by atoms with E-state index < -0.39 is 17.3 Å². The molecule has 2 N–H and O–H groups in total. The van der Waals surface area contributed by atoms with Crippen molar-refractivity contribution in [3.8, 4) is 29.7 Å². The molecule has 4 atom stereocenters. The highest BCUT2D eigenvalue weighted by molar-refractivity contribution is 6.01. The maximum absolute atomic E-state index is 10.1. The minimum absolute atomic E-state index is 0.147. The fraction of sp³-hybridized carbons (Fsp3) is 0.478. The van der Waals surface area contributed by atoms with Crippen LogP contribution in [0.4, 0.5) is 0 Å². The molecule has 0 bridgehead atoms. The van der Waals surface area contributed by atoms with Gasteiger partial charge in [-0.15, -0.1) is 0 Å². The molecule has 1 saturated carbocycles. The standard InChI is InChI=1S/C23H25N5O2/c1-4-9-28-10-8-18-17(12-28)20(15-6-5-7-19(29-2)21(15)30-3)16(11-24)22(27)23(18,13-25)14-26/h5-8,16-17,20,27H,4,9-10,12H2,1-3H3/p+1/t16-,17+,20-/m1/s1. The van der Waals surface area contributed by atoms with Crippen LogP contribution in [0.25, 0.3) is 0 Å². The number of para-hydroxylation sites is 1. The maximum atomic E-state index is 10.1. The van der Waals surface area contributed by atoms with Crippen LogP contribution in [-0.4, -0.2) is 39.6 Å². The second kappa shape index (κ2) is 8.57. The van der Waals surface area contributed by atoms with Gasteiger partial charge in [-0.2, -0.15) is 15.8 Å². The molecule has 0 amide bonds. The largest absolute Gasteiger partial charge is 0.493 e. The summed E-state index contributed by atoms with van der Waals surface area (Å²) in [5, 5.41) is 38.7. The predicted molar refractivity (Wildman–Crippen MR) is 110 cm³/mol. The van der Waals surface area contributed by atoms with Crippen molar-refractivity contribution in [3.05, 3.63) is 35.4 Å². The van der Waals surface area contributed by atoms with Gasteiger partial charge in [0.2, 0.25) is 5.41 Å². The summed E-state index contributed by atoms with van der Waals surface area (Å²) in [6, 6.07) is 11.9. The first kappa shape index (κ1) is 21.4. The quantitative estimate of drug-likeness (QED) is 0.726. The van der Waals surface area contributed by atoms with E-state index in [1.54, 1.807) is 20.3 Å². The molecule has 1 unspecified atom stereocenters. The number of hydrogen-bond acceptors (Lipinski definition) is 6. The lowest BCUT2D eigenvalue weighted by molar-refractivity contribution is -0.899. The third kappa shape index (κ3) is 3.11. The smallest absolute Gasteiger partial charge is 0.203 e.